The van der Waals surface area contributed by atoms with Gasteiger partial charge in [0.2, 0.25) is 0 Å². The van der Waals surface area contributed by atoms with Crippen LogP contribution in [-0.4, -0.2) is 9.55 Å². The van der Waals surface area contributed by atoms with Crippen molar-refractivity contribution in [1.82, 2.24) is 9.55 Å². The average Bonchev–Trinajstić information content (AvgIpc) is 2.64. The van der Waals surface area contributed by atoms with Gasteiger partial charge in [0.15, 0.2) is 0 Å². The van der Waals surface area contributed by atoms with E-state index in [2.05, 4.69) is 47.8 Å². The van der Waals surface area contributed by atoms with Crippen molar-refractivity contribution >= 4 is 27.6 Å². The molecule has 0 aliphatic rings. The molecular weight excluding hydrogens is 222 g/mol. The normalized spacial score (nSPS) is 11.4. The number of pyridine rings is 1. The molecule has 0 fully saturated rings. The van der Waals surface area contributed by atoms with Gasteiger partial charge in [0.25, 0.3) is 0 Å². The Balaban J connectivity index is 2.50. The number of fused-ring (bicyclic) bond motifs is 3. The Morgan fingerprint density at radius 3 is 2.78 bits per heavy atom. The molecule has 0 aliphatic heterocycles. The van der Waals surface area contributed by atoms with Crippen LogP contribution >= 0.6 is 0 Å². The zero-order valence-corrected chi connectivity index (χ0v) is 10.8. The van der Waals surface area contributed by atoms with Gasteiger partial charge in [-0.3, -0.25) is 0 Å². The van der Waals surface area contributed by atoms with E-state index in [-0.39, 0.29) is 0 Å². The predicted octanol–water partition coefficient (Wildman–Crippen LogP) is 3.26. The smallest absolute Gasteiger partial charge is 0.124 e. The van der Waals surface area contributed by atoms with Gasteiger partial charge in [-0.2, -0.15) is 0 Å². The molecule has 0 radical (unpaired) electrons. The Labute approximate surface area is 106 Å². The van der Waals surface area contributed by atoms with Crippen molar-refractivity contribution in [2.75, 3.05) is 5.73 Å². The topological polar surface area (TPSA) is 43.8 Å². The molecule has 2 heterocycles. The lowest BCUT2D eigenvalue weighted by atomic mass is 10.1. The molecule has 1 aromatic carbocycles. The van der Waals surface area contributed by atoms with E-state index in [1.54, 1.807) is 0 Å². The molecule has 0 unspecified atom stereocenters. The molecule has 3 rings (SSSR count). The quantitative estimate of drug-likeness (QED) is 0.746. The van der Waals surface area contributed by atoms with E-state index in [0.717, 1.165) is 18.5 Å². The van der Waals surface area contributed by atoms with Crippen molar-refractivity contribution in [3.63, 3.8) is 0 Å². The summed E-state index contributed by atoms with van der Waals surface area (Å²) >= 11 is 0. The number of hydrogen-bond acceptors (Lipinski definition) is 2. The maximum atomic E-state index is 5.93. The van der Waals surface area contributed by atoms with Crippen molar-refractivity contribution in [2.24, 2.45) is 7.05 Å². The first-order valence-corrected chi connectivity index (χ1v) is 6.35. The van der Waals surface area contributed by atoms with Crippen molar-refractivity contribution in [1.29, 1.82) is 0 Å². The summed E-state index contributed by atoms with van der Waals surface area (Å²) in [7, 11) is 2.10. The van der Waals surface area contributed by atoms with Crippen molar-refractivity contribution in [3.8, 4) is 0 Å². The third-order valence-corrected chi connectivity index (χ3v) is 3.46. The summed E-state index contributed by atoms with van der Waals surface area (Å²) in [5.74, 6) is 0.613. The van der Waals surface area contributed by atoms with Crippen LogP contribution in [-0.2, 0) is 13.5 Å². The van der Waals surface area contributed by atoms with Gasteiger partial charge in [-0.15, -0.1) is 0 Å². The summed E-state index contributed by atoms with van der Waals surface area (Å²) in [6.07, 6.45) is 2.04. The van der Waals surface area contributed by atoms with Crippen molar-refractivity contribution < 1.29 is 0 Å². The van der Waals surface area contributed by atoms with Gasteiger partial charge in [0.05, 0.1) is 11.2 Å². The highest BCUT2D eigenvalue weighted by molar-refractivity contribution is 6.09. The van der Waals surface area contributed by atoms with Crippen LogP contribution in [0, 0.1) is 0 Å². The largest absolute Gasteiger partial charge is 0.384 e. The second-order valence-corrected chi connectivity index (χ2v) is 4.72. The first-order chi connectivity index (χ1) is 8.72. The SMILES string of the molecule is CCCc1nc(N)cc2c3ccccc3n(C)c12. The van der Waals surface area contributed by atoms with E-state index in [1.807, 2.05) is 6.07 Å². The van der Waals surface area contributed by atoms with Gasteiger partial charge in [-0.1, -0.05) is 31.5 Å². The van der Waals surface area contributed by atoms with Crippen LogP contribution in [0.25, 0.3) is 21.8 Å². The van der Waals surface area contributed by atoms with Gasteiger partial charge in [-0.05, 0) is 18.6 Å². The summed E-state index contributed by atoms with van der Waals surface area (Å²) in [6, 6.07) is 10.4. The van der Waals surface area contributed by atoms with E-state index < -0.39 is 0 Å². The third-order valence-electron chi connectivity index (χ3n) is 3.46. The lowest BCUT2D eigenvalue weighted by Gasteiger charge is -2.05. The number of aromatic nitrogens is 2. The number of anilines is 1. The minimum Gasteiger partial charge on any atom is -0.384 e. The first-order valence-electron chi connectivity index (χ1n) is 6.35. The molecule has 0 aliphatic carbocycles. The number of nitrogen functional groups attached to an aromatic ring is 1. The molecule has 92 valence electrons. The molecule has 0 spiro atoms. The van der Waals surface area contributed by atoms with Crippen LogP contribution in [0.3, 0.4) is 0 Å². The number of nitrogens with zero attached hydrogens (tertiary/aromatic N) is 2. The molecule has 3 heteroatoms. The maximum absolute atomic E-state index is 5.93. The second kappa shape index (κ2) is 4.02. The zero-order chi connectivity index (χ0) is 12.7. The molecule has 0 amide bonds. The van der Waals surface area contributed by atoms with Crippen LogP contribution in [0.4, 0.5) is 5.82 Å². The molecule has 3 nitrogen and oxygen atoms in total. The summed E-state index contributed by atoms with van der Waals surface area (Å²) in [4.78, 5) is 4.50. The molecule has 18 heavy (non-hydrogen) atoms. The van der Waals surface area contributed by atoms with Gasteiger partial charge < -0.3 is 10.3 Å². The maximum Gasteiger partial charge on any atom is 0.124 e. The van der Waals surface area contributed by atoms with E-state index in [1.165, 1.54) is 21.8 Å². The minimum atomic E-state index is 0.613. The standard InChI is InChI=1S/C15H17N3/c1-3-6-12-15-11(9-14(16)17-12)10-7-4-5-8-13(10)18(15)2/h4-5,7-9H,3,6H2,1-2H3,(H2,16,17). The van der Waals surface area contributed by atoms with Crippen LogP contribution in [0.5, 0.6) is 0 Å². The highest BCUT2D eigenvalue weighted by atomic mass is 15.0. The summed E-state index contributed by atoms with van der Waals surface area (Å²) in [5, 5.41) is 2.46. The first kappa shape index (κ1) is 11.1. The lowest BCUT2D eigenvalue weighted by molar-refractivity contribution is 0.878. The Hall–Kier alpha value is -2.03. The van der Waals surface area contributed by atoms with Crippen molar-refractivity contribution in [2.45, 2.75) is 19.8 Å². The van der Waals surface area contributed by atoms with E-state index in [0.29, 0.717) is 5.82 Å². The van der Waals surface area contributed by atoms with Gasteiger partial charge in [-0.25, -0.2) is 4.98 Å². The Bertz CT molecular complexity index is 725. The number of nitrogens with two attached hydrogens (primary N) is 1. The Morgan fingerprint density at radius 2 is 2.00 bits per heavy atom. The lowest BCUT2D eigenvalue weighted by Crippen LogP contribution is -1.99. The number of para-hydroxylation sites is 1. The van der Waals surface area contributed by atoms with E-state index >= 15 is 0 Å². The molecule has 0 atom stereocenters. The molecule has 2 aromatic heterocycles. The van der Waals surface area contributed by atoms with Crippen LogP contribution in [0.1, 0.15) is 19.0 Å². The molecule has 2 N–H and O–H groups in total. The number of benzene rings is 1. The third kappa shape index (κ3) is 1.47. The van der Waals surface area contributed by atoms with Crippen LogP contribution in [0.2, 0.25) is 0 Å². The molecule has 0 saturated carbocycles. The Kier molecular flexibility index (Phi) is 2.47. The summed E-state index contributed by atoms with van der Waals surface area (Å²) in [6.45, 7) is 2.17. The summed E-state index contributed by atoms with van der Waals surface area (Å²) in [5.41, 5.74) is 9.49. The minimum absolute atomic E-state index is 0.613. The molecular formula is C15H17N3. The van der Waals surface area contributed by atoms with E-state index in [4.69, 9.17) is 5.73 Å². The van der Waals surface area contributed by atoms with Gasteiger partial charge in [0.1, 0.15) is 5.82 Å². The van der Waals surface area contributed by atoms with Crippen molar-refractivity contribution in [3.05, 3.63) is 36.0 Å². The predicted molar refractivity (Wildman–Crippen MR) is 76.6 cm³/mol. The zero-order valence-electron chi connectivity index (χ0n) is 10.8. The number of hydrogen-bond donors (Lipinski definition) is 1. The fraction of sp³-hybridized carbons (Fsp3) is 0.267. The van der Waals surface area contributed by atoms with Gasteiger partial charge >= 0.3 is 0 Å². The molecule has 0 bridgehead atoms. The number of aryl methyl sites for hydroxylation is 2. The van der Waals surface area contributed by atoms with Gasteiger partial charge in [0, 0.05) is 23.3 Å². The number of rotatable bonds is 2. The monoisotopic (exact) mass is 239 g/mol. The fourth-order valence-corrected chi connectivity index (χ4v) is 2.72. The highest BCUT2D eigenvalue weighted by Gasteiger charge is 2.12. The molecule has 3 aromatic rings. The highest BCUT2D eigenvalue weighted by Crippen LogP contribution is 2.31. The Morgan fingerprint density at radius 1 is 1.22 bits per heavy atom. The molecule has 0 saturated heterocycles. The van der Waals surface area contributed by atoms with Crippen LogP contribution in [0.15, 0.2) is 30.3 Å². The van der Waals surface area contributed by atoms with Crippen LogP contribution < -0.4 is 5.73 Å². The fourth-order valence-electron chi connectivity index (χ4n) is 2.72. The second-order valence-electron chi connectivity index (χ2n) is 4.72. The van der Waals surface area contributed by atoms with E-state index in [9.17, 15) is 0 Å². The average molecular weight is 239 g/mol. The summed E-state index contributed by atoms with van der Waals surface area (Å²) < 4.78 is 2.22.